The number of para-hydroxylation sites is 1. The molecule has 0 spiro atoms. The predicted molar refractivity (Wildman–Crippen MR) is 88.4 cm³/mol. The van der Waals surface area contributed by atoms with Gasteiger partial charge in [-0.25, -0.2) is 13.6 Å². The summed E-state index contributed by atoms with van der Waals surface area (Å²) < 4.78 is 32.6. The first kappa shape index (κ1) is 17.9. The predicted octanol–water partition coefficient (Wildman–Crippen LogP) is 3.49. The van der Waals surface area contributed by atoms with Crippen molar-refractivity contribution < 1.29 is 23.1 Å². The van der Waals surface area contributed by atoms with Crippen molar-refractivity contribution in [3.63, 3.8) is 0 Å². The lowest BCUT2D eigenvalue weighted by Crippen LogP contribution is -2.30. The van der Waals surface area contributed by atoms with E-state index < -0.39 is 35.3 Å². The van der Waals surface area contributed by atoms with Gasteiger partial charge in [0.05, 0.1) is 5.56 Å². The van der Waals surface area contributed by atoms with Crippen LogP contribution in [0.15, 0.2) is 40.9 Å². The second kappa shape index (κ2) is 7.39. The quantitative estimate of drug-likeness (QED) is 0.609. The number of hydrogen-bond donors (Lipinski definition) is 2. The van der Waals surface area contributed by atoms with E-state index in [0.29, 0.717) is 4.47 Å². The van der Waals surface area contributed by atoms with Crippen LogP contribution in [0.1, 0.15) is 17.3 Å². The number of nitrogens with one attached hydrogen (secondary N) is 1. The van der Waals surface area contributed by atoms with Gasteiger partial charge in [0.25, 0.3) is 5.91 Å². The molecule has 0 unspecified atom stereocenters. The molecule has 8 heteroatoms. The average Bonchev–Trinajstić information content (AvgIpc) is 2.53. The van der Waals surface area contributed by atoms with E-state index in [1.165, 1.54) is 25.1 Å². The van der Waals surface area contributed by atoms with Gasteiger partial charge in [-0.05, 0) is 37.3 Å². The topological polar surface area (TPSA) is 81.4 Å². The van der Waals surface area contributed by atoms with Gasteiger partial charge in [0.15, 0.2) is 6.10 Å². The van der Waals surface area contributed by atoms with Gasteiger partial charge in [0.2, 0.25) is 0 Å². The molecule has 1 atom stereocenters. The molecule has 0 fully saturated rings. The van der Waals surface area contributed by atoms with Crippen LogP contribution in [0.4, 0.5) is 20.2 Å². The number of esters is 1. The summed E-state index contributed by atoms with van der Waals surface area (Å²) in [5, 5.41) is 2.05. The number of nitrogens with two attached hydrogens (primary N) is 1. The number of carbonyl (C=O) groups is 2. The second-order valence-electron chi connectivity index (χ2n) is 4.87. The molecule has 0 aliphatic heterocycles. The Kier molecular flexibility index (Phi) is 5.50. The number of benzene rings is 2. The number of anilines is 2. The summed E-state index contributed by atoms with van der Waals surface area (Å²) in [5.74, 6) is -3.57. The van der Waals surface area contributed by atoms with Crippen LogP contribution in [-0.4, -0.2) is 18.0 Å². The summed E-state index contributed by atoms with van der Waals surface area (Å²) in [4.78, 5) is 24.0. The zero-order valence-corrected chi connectivity index (χ0v) is 14.1. The molecule has 0 aromatic heterocycles. The van der Waals surface area contributed by atoms with Crippen molar-refractivity contribution >= 4 is 39.2 Å². The first-order valence-electron chi connectivity index (χ1n) is 6.80. The van der Waals surface area contributed by atoms with Crippen molar-refractivity contribution in [3.8, 4) is 0 Å². The average molecular weight is 399 g/mol. The molecule has 2 rings (SSSR count). The number of amides is 1. The SMILES string of the molecule is C[C@@H](OC(=O)c1cc(Br)ccc1N)C(=O)Nc1c(F)cccc1F. The van der Waals surface area contributed by atoms with Crippen LogP contribution in [0, 0.1) is 11.6 Å². The van der Waals surface area contributed by atoms with Gasteiger partial charge in [-0.2, -0.15) is 0 Å². The Morgan fingerprint density at radius 1 is 1.21 bits per heavy atom. The maximum absolute atomic E-state index is 13.5. The summed E-state index contributed by atoms with van der Waals surface area (Å²) in [6.45, 7) is 1.28. The zero-order valence-electron chi connectivity index (χ0n) is 12.5. The molecule has 0 saturated carbocycles. The van der Waals surface area contributed by atoms with Gasteiger partial charge in [-0.3, -0.25) is 4.79 Å². The number of nitrogen functional groups attached to an aromatic ring is 1. The van der Waals surface area contributed by atoms with Gasteiger partial charge < -0.3 is 15.8 Å². The number of rotatable bonds is 4. The minimum Gasteiger partial charge on any atom is -0.449 e. The Morgan fingerprint density at radius 2 is 1.83 bits per heavy atom. The minimum atomic E-state index is -1.28. The van der Waals surface area contributed by atoms with Crippen LogP contribution in [0.25, 0.3) is 0 Å². The Morgan fingerprint density at radius 3 is 2.46 bits per heavy atom. The fraction of sp³-hybridized carbons (Fsp3) is 0.125. The van der Waals surface area contributed by atoms with Gasteiger partial charge in [-0.15, -0.1) is 0 Å². The van der Waals surface area contributed by atoms with Crippen molar-refractivity contribution in [1.29, 1.82) is 0 Å². The second-order valence-corrected chi connectivity index (χ2v) is 5.78. The number of halogens is 3. The number of hydrogen-bond acceptors (Lipinski definition) is 4. The molecular weight excluding hydrogens is 386 g/mol. The van der Waals surface area contributed by atoms with Crippen LogP contribution in [0.3, 0.4) is 0 Å². The minimum absolute atomic E-state index is 0.0705. The van der Waals surface area contributed by atoms with E-state index in [-0.39, 0.29) is 11.3 Å². The van der Waals surface area contributed by atoms with E-state index in [4.69, 9.17) is 10.5 Å². The molecule has 2 aromatic rings. The van der Waals surface area contributed by atoms with Gasteiger partial charge >= 0.3 is 5.97 Å². The van der Waals surface area contributed by atoms with E-state index in [1.54, 1.807) is 6.07 Å². The largest absolute Gasteiger partial charge is 0.449 e. The molecule has 0 saturated heterocycles. The van der Waals surface area contributed by atoms with Crippen molar-refractivity contribution in [2.45, 2.75) is 13.0 Å². The van der Waals surface area contributed by atoms with Crippen LogP contribution in [-0.2, 0) is 9.53 Å². The highest BCUT2D eigenvalue weighted by Crippen LogP contribution is 2.21. The summed E-state index contributed by atoms with van der Waals surface area (Å²) in [7, 11) is 0. The van der Waals surface area contributed by atoms with Crippen molar-refractivity contribution in [2.75, 3.05) is 11.1 Å². The van der Waals surface area contributed by atoms with Crippen molar-refractivity contribution in [2.24, 2.45) is 0 Å². The molecule has 3 N–H and O–H groups in total. The monoisotopic (exact) mass is 398 g/mol. The van der Waals surface area contributed by atoms with E-state index in [1.807, 2.05) is 0 Å². The third-order valence-electron chi connectivity index (χ3n) is 3.10. The zero-order chi connectivity index (χ0) is 17.9. The van der Waals surface area contributed by atoms with E-state index in [9.17, 15) is 18.4 Å². The maximum atomic E-state index is 13.5. The highest BCUT2D eigenvalue weighted by atomic mass is 79.9. The van der Waals surface area contributed by atoms with E-state index in [0.717, 1.165) is 12.1 Å². The maximum Gasteiger partial charge on any atom is 0.341 e. The molecule has 0 aliphatic rings. The van der Waals surface area contributed by atoms with Crippen molar-refractivity contribution in [3.05, 3.63) is 58.1 Å². The first-order chi connectivity index (χ1) is 11.3. The standard InChI is InChI=1S/C16H13BrF2N2O3/c1-8(15(22)21-14-11(18)3-2-4-12(14)19)24-16(23)10-7-9(17)5-6-13(10)20/h2-8H,20H2,1H3,(H,21,22)/t8-/m1/s1. The summed E-state index contributed by atoms with van der Waals surface area (Å²) in [5.41, 5.74) is 5.33. The van der Waals surface area contributed by atoms with Crippen LogP contribution in [0.2, 0.25) is 0 Å². The molecule has 2 aromatic carbocycles. The number of carbonyl (C=O) groups excluding carboxylic acids is 2. The first-order valence-corrected chi connectivity index (χ1v) is 7.59. The van der Waals surface area contributed by atoms with Gasteiger partial charge in [0, 0.05) is 10.2 Å². The van der Waals surface area contributed by atoms with E-state index >= 15 is 0 Å². The third-order valence-corrected chi connectivity index (χ3v) is 3.59. The summed E-state index contributed by atoms with van der Waals surface area (Å²) >= 11 is 3.19. The van der Waals surface area contributed by atoms with Gasteiger partial charge in [0.1, 0.15) is 17.3 Å². The fourth-order valence-electron chi connectivity index (χ4n) is 1.82. The molecule has 5 nitrogen and oxygen atoms in total. The van der Waals surface area contributed by atoms with Crippen LogP contribution < -0.4 is 11.1 Å². The molecule has 1 amide bonds. The Hall–Kier alpha value is -2.48. The fourth-order valence-corrected chi connectivity index (χ4v) is 2.19. The van der Waals surface area contributed by atoms with Crippen LogP contribution >= 0.6 is 15.9 Å². The molecule has 0 aliphatic carbocycles. The van der Waals surface area contributed by atoms with Crippen LogP contribution in [0.5, 0.6) is 0 Å². The summed E-state index contributed by atoms with van der Waals surface area (Å²) in [6.07, 6.45) is -1.28. The van der Waals surface area contributed by atoms with E-state index in [2.05, 4.69) is 21.2 Å². The smallest absolute Gasteiger partial charge is 0.341 e. The Labute approximate surface area is 144 Å². The Balaban J connectivity index is 2.09. The molecule has 0 heterocycles. The molecule has 0 bridgehead atoms. The highest BCUT2D eigenvalue weighted by Gasteiger charge is 2.22. The molecule has 126 valence electrons. The lowest BCUT2D eigenvalue weighted by atomic mass is 10.2. The highest BCUT2D eigenvalue weighted by molar-refractivity contribution is 9.10. The van der Waals surface area contributed by atoms with Crippen molar-refractivity contribution in [1.82, 2.24) is 0 Å². The Bertz CT molecular complexity index is 779. The lowest BCUT2D eigenvalue weighted by Gasteiger charge is -2.15. The molecule has 0 radical (unpaired) electrons. The third kappa shape index (κ3) is 4.08. The van der Waals surface area contributed by atoms with Gasteiger partial charge in [-0.1, -0.05) is 22.0 Å². The lowest BCUT2D eigenvalue weighted by molar-refractivity contribution is -0.123. The molecular formula is C16H13BrF2N2O3. The molecule has 24 heavy (non-hydrogen) atoms. The normalized spacial score (nSPS) is 11.7. The number of ether oxygens (including phenoxy) is 1. The summed E-state index contributed by atoms with van der Waals surface area (Å²) in [6, 6.07) is 7.75.